The Bertz CT molecular complexity index is 1080. The van der Waals surface area contributed by atoms with Gasteiger partial charge in [-0.3, -0.25) is 0 Å². The molecular formula is C21H24N8O2S. The Labute approximate surface area is 189 Å². The second-order valence-electron chi connectivity index (χ2n) is 7.58. The summed E-state index contributed by atoms with van der Waals surface area (Å²) >= 11 is 1.43. The molecule has 32 heavy (non-hydrogen) atoms. The first-order chi connectivity index (χ1) is 15.6. The zero-order valence-electron chi connectivity index (χ0n) is 17.5. The van der Waals surface area contributed by atoms with Crippen LogP contribution in [-0.4, -0.2) is 64.4 Å². The molecule has 10 nitrogen and oxygen atoms in total. The summed E-state index contributed by atoms with van der Waals surface area (Å²) in [4.78, 5) is 19.4. The standard InChI is InChI=1S/C21H24N8O2S/c1-28-8-10-29(11-9-28)20-23-19(22-18-13-16(26-27-18)17-3-2-12-31-17)24-21(25-20)32-15-6-4-14(30)5-7-15/h2-7,12-13,18,26-27,30H,8-11H2,1H3,(H,22,23,24,25). The molecule has 11 heteroatoms. The molecule has 1 aromatic carbocycles. The van der Waals surface area contributed by atoms with Gasteiger partial charge in [0.05, 0.1) is 12.0 Å². The minimum absolute atomic E-state index is 0.218. The second-order valence-corrected chi connectivity index (χ2v) is 8.62. The van der Waals surface area contributed by atoms with Gasteiger partial charge >= 0.3 is 0 Å². The fourth-order valence-corrected chi connectivity index (χ4v) is 4.16. The number of nitrogens with one attached hydrogen (secondary N) is 3. The van der Waals surface area contributed by atoms with Gasteiger partial charge in [-0.2, -0.15) is 15.0 Å². The highest BCUT2D eigenvalue weighted by Crippen LogP contribution is 2.28. The average molecular weight is 453 g/mol. The molecule has 4 heterocycles. The summed E-state index contributed by atoms with van der Waals surface area (Å²) < 4.78 is 5.45. The Balaban J connectivity index is 1.39. The third kappa shape index (κ3) is 4.79. The van der Waals surface area contributed by atoms with E-state index in [9.17, 15) is 5.11 Å². The molecule has 0 radical (unpaired) electrons. The van der Waals surface area contributed by atoms with Gasteiger partial charge in [0.1, 0.15) is 11.9 Å². The normalized spacial score (nSPS) is 19.0. The van der Waals surface area contributed by atoms with Crippen molar-refractivity contribution in [3.63, 3.8) is 0 Å². The number of hydrazine groups is 1. The number of furan rings is 1. The Morgan fingerprint density at radius 2 is 1.91 bits per heavy atom. The average Bonchev–Trinajstić information content (AvgIpc) is 3.48. The maximum Gasteiger partial charge on any atom is 0.231 e. The minimum atomic E-state index is -0.218. The van der Waals surface area contributed by atoms with Crippen molar-refractivity contribution in [3.05, 3.63) is 54.5 Å². The molecule has 2 aliphatic heterocycles. The summed E-state index contributed by atoms with van der Waals surface area (Å²) in [5.41, 5.74) is 7.11. The smallest absolute Gasteiger partial charge is 0.231 e. The van der Waals surface area contributed by atoms with Gasteiger partial charge in [0.2, 0.25) is 11.9 Å². The molecule has 5 rings (SSSR count). The van der Waals surface area contributed by atoms with Crippen LogP contribution in [0.25, 0.3) is 5.70 Å². The lowest BCUT2D eigenvalue weighted by Crippen LogP contribution is -2.45. The van der Waals surface area contributed by atoms with E-state index in [1.54, 1.807) is 18.4 Å². The highest BCUT2D eigenvalue weighted by Gasteiger charge is 2.22. The van der Waals surface area contributed by atoms with Crippen molar-refractivity contribution in [1.82, 2.24) is 30.7 Å². The van der Waals surface area contributed by atoms with Gasteiger partial charge < -0.3 is 30.1 Å². The molecule has 2 aliphatic rings. The molecule has 2 aromatic heterocycles. The van der Waals surface area contributed by atoms with E-state index in [2.05, 4.69) is 43.0 Å². The lowest BCUT2D eigenvalue weighted by Gasteiger charge is -2.32. The van der Waals surface area contributed by atoms with Crippen LogP contribution in [0.1, 0.15) is 5.76 Å². The number of aromatic hydroxyl groups is 1. The molecule has 166 valence electrons. The molecule has 1 fully saturated rings. The summed E-state index contributed by atoms with van der Waals surface area (Å²) in [5.74, 6) is 2.10. The Morgan fingerprint density at radius 1 is 1.09 bits per heavy atom. The van der Waals surface area contributed by atoms with Gasteiger partial charge in [-0.25, -0.2) is 5.43 Å². The molecule has 4 N–H and O–H groups in total. The van der Waals surface area contributed by atoms with Crippen molar-refractivity contribution in [1.29, 1.82) is 0 Å². The molecule has 0 bridgehead atoms. The van der Waals surface area contributed by atoms with E-state index in [0.29, 0.717) is 17.1 Å². The fraction of sp³-hybridized carbons (Fsp3) is 0.286. The van der Waals surface area contributed by atoms with Crippen LogP contribution in [0.4, 0.5) is 11.9 Å². The van der Waals surface area contributed by atoms with Crippen molar-refractivity contribution in [2.75, 3.05) is 43.4 Å². The van der Waals surface area contributed by atoms with Gasteiger partial charge in [-0.15, -0.1) is 0 Å². The highest BCUT2D eigenvalue weighted by molar-refractivity contribution is 7.99. The quantitative estimate of drug-likeness (QED) is 0.440. The number of hydrogen-bond donors (Lipinski definition) is 4. The number of rotatable bonds is 6. The number of benzene rings is 1. The van der Waals surface area contributed by atoms with Crippen molar-refractivity contribution >= 4 is 29.4 Å². The summed E-state index contributed by atoms with van der Waals surface area (Å²) in [6.45, 7) is 3.63. The third-order valence-electron chi connectivity index (χ3n) is 5.20. The SMILES string of the molecule is CN1CCN(c2nc(NC3C=C(c4ccco4)NN3)nc(Sc3ccc(O)cc3)n2)CC1. The number of hydrogen-bond acceptors (Lipinski definition) is 11. The number of phenolic OH excluding ortho intramolecular Hbond substituents is 1. The zero-order valence-corrected chi connectivity index (χ0v) is 18.3. The lowest BCUT2D eigenvalue weighted by atomic mass is 10.3. The monoisotopic (exact) mass is 452 g/mol. The molecule has 1 atom stereocenters. The summed E-state index contributed by atoms with van der Waals surface area (Å²) in [6.07, 6.45) is 3.40. The van der Waals surface area contributed by atoms with Crippen molar-refractivity contribution < 1.29 is 9.52 Å². The van der Waals surface area contributed by atoms with Gasteiger partial charge in [0.25, 0.3) is 0 Å². The fourth-order valence-electron chi connectivity index (χ4n) is 3.42. The van der Waals surface area contributed by atoms with Crippen LogP contribution in [-0.2, 0) is 0 Å². The Kier molecular flexibility index (Phi) is 5.84. The number of phenols is 1. The Hall–Kier alpha value is -3.28. The van der Waals surface area contributed by atoms with Gasteiger partial charge in [0, 0.05) is 31.1 Å². The highest BCUT2D eigenvalue weighted by atomic mass is 32.2. The topological polar surface area (TPSA) is 115 Å². The van der Waals surface area contributed by atoms with Crippen molar-refractivity contribution in [2.45, 2.75) is 16.2 Å². The largest absolute Gasteiger partial charge is 0.508 e. The van der Waals surface area contributed by atoms with Gasteiger partial charge in [-0.1, -0.05) is 0 Å². The summed E-state index contributed by atoms with van der Waals surface area (Å²) in [7, 11) is 2.12. The van der Waals surface area contributed by atoms with Crippen LogP contribution in [0.2, 0.25) is 0 Å². The maximum absolute atomic E-state index is 9.56. The van der Waals surface area contributed by atoms with Gasteiger partial charge in [0.15, 0.2) is 10.9 Å². The van der Waals surface area contributed by atoms with Crippen LogP contribution in [0, 0.1) is 0 Å². The number of aromatic nitrogens is 3. The Morgan fingerprint density at radius 3 is 2.66 bits per heavy atom. The van der Waals surface area contributed by atoms with Crippen LogP contribution in [0.3, 0.4) is 0 Å². The zero-order chi connectivity index (χ0) is 21.9. The number of anilines is 2. The third-order valence-corrected chi connectivity index (χ3v) is 6.07. The number of likely N-dealkylation sites (N-methyl/N-ethyl adjacent to an activating group) is 1. The first-order valence-electron chi connectivity index (χ1n) is 10.3. The summed E-state index contributed by atoms with van der Waals surface area (Å²) in [6, 6.07) is 10.7. The minimum Gasteiger partial charge on any atom is -0.508 e. The molecule has 0 saturated carbocycles. The predicted octanol–water partition coefficient (Wildman–Crippen LogP) is 1.96. The van der Waals surface area contributed by atoms with Crippen LogP contribution in [0.15, 0.2) is 63.2 Å². The van der Waals surface area contributed by atoms with Crippen molar-refractivity contribution in [2.24, 2.45) is 0 Å². The maximum atomic E-state index is 9.56. The lowest BCUT2D eigenvalue weighted by molar-refractivity contribution is 0.311. The molecule has 0 spiro atoms. The van der Waals surface area contributed by atoms with Crippen LogP contribution >= 0.6 is 11.8 Å². The van der Waals surface area contributed by atoms with Crippen LogP contribution < -0.4 is 21.1 Å². The number of piperazine rings is 1. The molecular weight excluding hydrogens is 428 g/mol. The molecule has 1 unspecified atom stereocenters. The van der Waals surface area contributed by atoms with Crippen LogP contribution in [0.5, 0.6) is 5.75 Å². The van der Waals surface area contributed by atoms with Gasteiger partial charge in [-0.05, 0) is 61.3 Å². The first kappa shape index (κ1) is 20.6. The molecule has 0 amide bonds. The van der Waals surface area contributed by atoms with E-state index < -0.39 is 0 Å². The van der Waals surface area contributed by atoms with E-state index in [1.165, 1.54) is 11.8 Å². The molecule has 0 aliphatic carbocycles. The molecule has 1 saturated heterocycles. The predicted molar refractivity (Wildman–Crippen MR) is 122 cm³/mol. The second kappa shape index (κ2) is 9.07. The molecule has 3 aromatic rings. The van der Waals surface area contributed by atoms with E-state index in [0.717, 1.165) is 42.5 Å². The van der Waals surface area contributed by atoms with Crippen molar-refractivity contribution in [3.8, 4) is 5.75 Å². The van der Waals surface area contributed by atoms with E-state index in [-0.39, 0.29) is 11.9 Å². The number of nitrogens with zero attached hydrogens (tertiary/aromatic N) is 5. The van der Waals surface area contributed by atoms with E-state index in [1.807, 2.05) is 30.3 Å². The van der Waals surface area contributed by atoms with E-state index in [4.69, 9.17) is 9.40 Å². The first-order valence-corrected chi connectivity index (χ1v) is 11.1. The summed E-state index contributed by atoms with van der Waals surface area (Å²) in [5, 5.41) is 13.5. The van der Waals surface area contributed by atoms with E-state index >= 15 is 0 Å².